The third-order valence-corrected chi connectivity index (χ3v) is 3.02. The molecule has 3 aromatic rings. The Bertz CT molecular complexity index is 732. The standard InChI is InChI=1S/C14H10F2N2/c1-8-4-10-7-17-18-14(10)6-11(8)9-2-3-12(15)13(16)5-9/h2-7H,1H3,(H,17,18). The molecule has 0 aliphatic rings. The molecule has 1 aromatic heterocycles. The summed E-state index contributed by atoms with van der Waals surface area (Å²) in [6.07, 6.45) is 1.73. The van der Waals surface area contributed by atoms with Crippen LogP contribution >= 0.6 is 0 Å². The van der Waals surface area contributed by atoms with Crippen molar-refractivity contribution in [1.82, 2.24) is 10.2 Å². The van der Waals surface area contributed by atoms with Crippen molar-refractivity contribution >= 4 is 10.9 Å². The maximum absolute atomic E-state index is 13.3. The Kier molecular flexibility index (Phi) is 2.37. The van der Waals surface area contributed by atoms with Crippen LogP contribution in [0.15, 0.2) is 36.5 Å². The molecule has 0 bridgehead atoms. The van der Waals surface area contributed by atoms with Gasteiger partial charge in [0, 0.05) is 5.39 Å². The van der Waals surface area contributed by atoms with E-state index in [4.69, 9.17) is 0 Å². The van der Waals surface area contributed by atoms with Crippen LogP contribution in [0.1, 0.15) is 5.56 Å². The molecule has 4 heteroatoms. The fraction of sp³-hybridized carbons (Fsp3) is 0.0714. The predicted molar refractivity (Wildman–Crippen MR) is 66.2 cm³/mol. The molecule has 90 valence electrons. The van der Waals surface area contributed by atoms with Crippen LogP contribution in [0.2, 0.25) is 0 Å². The van der Waals surface area contributed by atoms with Gasteiger partial charge in [-0.3, -0.25) is 5.10 Å². The van der Waals surface area contributed by atoms with Crippen molar-refractivity contribution < 1.29 is 8.78 Å². The van der Waals surface area contributed by atoms with Crippen molar-refractivity contribution in [3.05, 3.63) is 53.7 Å². The average molecular weight is 244 g/mol. The molecule has 2 nitrogen and oxygen atoms in total. The minimum absolute atomic E-state index is 0.655. The molecule has 1 heterocycles. The van der Waals surface area contributed by atoms with E-state index in [9.17, 15) is 8.78 Å². The lowest BCUT2D eigenvalue weighted by atomic mass is 9.99. The number of hydrogen-bond acceptors (Lipinski definition) is 1. The number of H-pyrrole nitrogens is 1. The third-order valence-electron chi connectivity index (χ3n) is 3.02. The van der Waals surface area contributed by atoms with E-state index < -0.39 is 11.6 Å². The van der Waals surface area contributed by atoms with Gasteiger partial charge in [0.25, 0.3) is 0 Å². The second kappa shape index (κ2) is 3.91. The summed E-state index contributed by atoms with van der Waals surface area (Å²) in [7, 11) is 0. The van der Waals surface area contributed by atoms with Crippen LogP contribution < -0.4 is 0 Å². The summed E-state index contributed by atoms with van der Waals surface area (Å²) in [6, 6.07) is 7.78. The van der Waals surface area contributed by atoms with Crippen molar-refractivity contribution in [3.8, 4) is 11.1 Å². The summed E-state index contributed by atoms with van der Waals surface area (Å²) in [6.45, 7) is 1.93. The molecule has 0 spiro atoms. The summed E-state index contributed by atoms with van der Waals surface area (Å²) >= 11 is 0. The van der Waals surface area contributed by atoms with Crippen molar-refractivity contribution in [2.24, 2.45) is 0 Å². The van der Waals surface area contributed by atoms with Gasteiger partial charge in [-0.05, 0) is 47.9 Å². The maximum Gasteiger partial charge on any atom is 0.159 e. The van der Waals surface area contributed by atoms with Gasteiger partial charge < -0.3 is 0 Å². The quantitative estimate of drug-likeness (QED) is 0.692. The third kappa shape index (κ3) is 1.66. The molecule has 0 aliphatic heterocycles. The molecule has 0 aliphatic carbocycles. The summed E-state index contributed by atoms with van der Waals surface area (Å²) in [5.74, 6) is -1.67. The largest absolute Gasteiger partial charge is 0.278 e. The van der Waals surface area contributed by atoms with Gasteiger partial charge in [0.1, 0.15) is 0 Å². The molecule has 0 saturated carbocycles. The van der Waals surface area contributed by atoms with E-state index in [1.54, 1.807) is 12.3 Å². The van der Waals surface area contributed by atoms with Crippen LogP contribution in [-0.2, 0) is 0 Å². The molecular formula is C14H10F2N2. The molecule has 3 rings (SSSR count). The number of fused-ring (bicyclic) bond motifs is 1. The number of halogens is 2. The number of aromatic amines is 1. The summed E-state index contributed by atoms with van der Waals surface area (Å²) < 4.78 is 26.2. The second-order valence-corrected chi connectivity index (χ2v) is 4.25. The molecule has 0 amide bonds. The zero-order valence-electron chi connectivity index (χ0n) is 9.67. The highest BCUT2D eigenvalue weighted by molar-refractivity contribution is 5.85. The van der Waals surface area contributed by atoms with E-state index >= 15 is 0 Å². The Balaban J connectivity index is 2.23. The monoisotopic (exact) mass is 244 g/mol. The zero-order chi connectivity index (χ0) is 12.7. The van der Waals surface area contributed by atoms with E-state index in [1.807, 2.05) is 19.1 Å². The summed E-state index contributed by atoms with van der Waals surface area (Å²) in [4.78, 5) is 0. The lowest BCUT2D eigenvalue weighted by Crippen LogP contribution is -1.88. The Morgan fingerprint density at radius 1 is 1.06 bits per heavy atom. The second-order valence-electron chi connectivity index (χ2n) is 4.25. The first-order valence-electron chi connectivity index (χ1n) is 5.54. The molecule has 18 heavy (non-hydrogen) atoms. The Labute approximate surface area is 102 Å². The summed E-state index contributed by atoms with van der Waals surface area (Å²) in [5.41, 5.74) is 3.39. The Morgan fingerprint density at radius 3 is 2.67 bits per heavy atom. The highest BCUT2D eigenvalue weighted by Crippen LogP contribution is 2.28. The van der Waals surface area contributed by atoms with Crippen LogP contribution in [0.5, 0.6) is 0 Å². The van der Waals surface area contributed by atoms with Crippen LogP contribution in [-0.4, -0.2) is 10.2 Å². The lowest BCUT2D eigenvalue weighted by Gasteiger charge is -2.07. The van der Waals surface area contributed by atoms with E-state index in [0.717, 1.165) is 28.1 Å². The van der Waals surface area contributed by atoms with Crippen molar-refractivity contribution in [2.75, 3.05) is 0 Å². The highest BCUT2D eigenvalue weighted by atomic mass is 19.2. The SMILES string of the molecule is Cc1cc2cn[nH]c2cc1-c1ccc(F)c(F)c1. The number of aromatic nitrogens is 2. The van der Waals surface area contributed by atoms with Crippen molar-refractivity contribution in [3.63, 3.8) is 0 Å². The maximum atomic E-state index is 13.3. The van der Waals surface area contributed by atoms with Gasteiger partial charge in [0.05, 0.1) is 11.7 Å². The first-order chi connectivity index (χ1) is 8.65. The fourth-order valence-electron chi connectivity index (χ4n) is 2.08. The lowest BCUT2D eigenvalue weighted by molar-refractivity contribution is 0.509. The number of hydrogen-bond donors (Lipinski definition) is 1. The minimum Gasteiger partial charge on any atom is -0.278 e. The normalized spacial score (nSPS) is 11.1. The van der Waals surface area contributed by atoms with Gasteiger partial charge in [-0.15, -0.1) is 0 Å². The molecule has 0 radical (unpaired) electrons. The molecule has 0 saturated heterocycles. The van der Waals surface area contributed by atoms with Gasteiger partial charge in [0.15, 0.2) is 11.6 Å². The molecule has 0 fully saturated rings. The fourth-order valence-corrected chi connectivity index (χ4v) is 2.08. The molecular weight excluding hydrogens is 234 g/mol. The molecule has 0 atom stereocenters. The topological polar surface area (TPSA) is 28.7 Å². The number of rotatable bonds is 1. The molecule has 2 aromatic carbocycles. The molecule has 1 N–H and O–H groups in total. The van der Waals surface area contributed by atoms with E-state index in [2.05, 4.69) is 10.2 Å². The average Bonchev–Trinajstić information content (AvgIpc) is 2.79. The van der Waals surface area contributed by atoms with Crippen LogP contribution in [0, 0.1) is 18.6 Å². The number of nitrogens with one attached hydrogen (secondary N) is 1. The first-order valence-corrected chi connectivity index (χ1v) is 5.54. The zero-order valence-corrected chi connectivity index (χ0v) is 9.67. The van der Waals surface area contributed by atoms with Gasteiger partial charge in [-0.25, -0.2) is 8.78 Å². The van der Waals surface area contributed by atoms with Crippen LogP contribution in [0.4, 0.5) is 8.78 Å². The number of nitrogens with zero attached hydrogens (tertiary/aromatic N) is 1. The van der Waals surface area contributed by atoms with Gasteiger partial charge in [-0.1, -0.05) is 6.07 Å². The summed E-state index contributed by atoms with van der Waals surface area (Å²) in [5, 5.41) is 7.81. The van der Waals surface area contributed by atoms with E-state index in [0.29, 0.717) is 5.56 Å². The predicted octanol–water partition coefficient (Wildman–Crippen LogP) is 3.82. The Hall–Kier alpha value is -2.23. The molecule has 0 unspecified atom stereocenters. The van der Waals surface area contributed by atoms with E-state index in [-0.39, 0.29) is 0 Å². The highest BCUT2D eigenvalue weighted by Gasteiger charge is 2.08. The number of aryl methyl sites for hydroxylation is 1. The van der Waals surface area contributed by atoms with Crippen LogP contribution in [0.25, 0.3) is 22.0 Å². The minimum atomic E-state index is -0.836. The van der Waals surface area contributed by atoms with Gasteiger partial charge >= 0.3 is 0 Å². The van der Waals surface area contributed by atoms with Crippen molar-refractivity contribution in [2.45, 2.75) is 6.92 Å². The van der Waals surface area contributed by atoms with Crippen molar-refractivity contribution in [1.29, 1.82) is 0 Å². The van der Waals surface area contributed by atoms with Crippen LogP contribution in [0.3, 0.4) is 0 Å². The first kappa shape index (κ1) is 10.9. The Morgan fingerprint density at radius 2 is 1.89 bits per heavy atom. The van der Waals surface area contributed by atoms with Gasteiger partial charge in [-0.2, -0.15) is 5.10 Å². The van der Waals surface area contributed by atoms with Gasteiger partial charge in [0.2, 0.25) is 0 Å². The smallest absolute Gasteiger partial charge is 0.159 e. The number of benzene rings is 2. The van der Waals surface area contributed by atoms with E-state index in [1.165, 1.54) is 6.07 Å².